The number of nitrogens with two attached hydrogens (primary N) is 2. The summed E-state index contributed by atoms with van der Waals surface area (Å²) in [7, 11) is 0. The van der Waals surface area contributed by atoms with Crippen LogP contribution in [-0.4, -0.2) is 82.8 Å². The van der Waals surface area contributed by atoms with E-state index in [9.17, 15) is 24.0 Å². The first kappa shape index (κ1) is 22.2. The number of nitrogens with one attached hydrogen (secondary N) is 3. The second-order valence-corrected chi connectivity index (χ2v) is 4.88. The van der Waals surface area contributed by atoms with Crippen molar-refractivity contribution in [1.29, 1.82) is 0 Å². The topological polar surface area (TPSA) is 234 Å². The fraction of sp³-hybridized carbons (Fsp3) is 0.583. The second-order valence-electron chi connectivity index (χ2n) is 4.88. The number of aliphatic hydroxyl groups excluding tert-OH is 2. The molecule has 13 heteroatoms. The van der Waals surface area contributed by atoms with Crippen molar-refractivity contribution in [2.45, 2.75) is 24.5 Å². The molecule has 0 saturated heterocycles. The van der Waals surface area contributed by atoms with Crippen molar-refractivity contribution >= 4 is 29.6 Å². The van der Waals surface area contributed by atoms with Crippen molar-refractivity contribution < 1.29 is 39.3 Å². The Labute approximate surface area is 141 Å². The zero-order valence-electron chi connectivity index (χ0n) is 13.1. The standard InChI is InChI=1S/C12H21N5O8/c13-5(1-8(14)20)10(23)16-7(4-19)12(25)17-6(3-18)11(24)15-2-9(21)22/h5-7,18-19H,1-4,13H2,(H2,14,20)(H,15,24)(H,16,23)(H,17,25)(H,21,22). The minimum absolute atomic E-state index is 0.484. The van der Waals surface area contributed by atoms with E-state index in [4.69, 9.17) is 26.8 Å². The first-order chi connectivity index (χ1) is 11.6. The molecule has 25 heavy (non-hydrogen) atoms. The van der Waals surface area contributed by atoms with Crippen LogP contribution in [0.25, 0.3) is 0 Å². The van der Waals surface area contributed by atoms with Crippen LogP contribution >= 0.6 is 0 Å². The number of carboxylic acids is 1. The van der Waals surface area contributed by atoms with E-state index < -0.39 is 73.9 Å². The first-order valence-corrected chi connectivity index (χ1v) is 6.98. The van der Waals surface area contributed by atoms with Gasteiger partial charge >= 0.3 is 5.97 Å². The zero-order chi connectivity index (χ0) is 19.6. The van der Waals surface area contributed by atoms with Crippen LogP contribution in [0.4, 0.5) is 0 Å². The summed E-state index contributed by atoms with van der Waals surface area (Å²) < 4.78 is 0. The molecule has 0 radical (unpaired) electrons. The maximum Gasteiger partial charge on any atom is 0.322 e. The lowest BCUT2D eigenvalue weighted by molar-refractivity contribution is -0.139. The van der Waals surface area contributed by atoms with Crippen molar-refractivity contribution in [2.24, 2.45) is 11.5 Å². The van der Waals surface area contributed by atoms with Gasteiger partial charge in [0.2, 0.25) is 23.6 Å². The molecule has 0 fully saturated rings. The Kier molecular flexibility index (Phi) is 9.69. The van der Waals surface area contributed by atoms with Gasteiger partial charge in [0, 0.05) is 0 Å². The third-order valence-corrected chi connectivity index (χ3v) is 2.80. The highest BCUT2D eigenvalue weighted by Gasteiger charge is 2.27. The van der Waals surface area contributed by atoms with Gasteiger partial charge in [0.25, 0.3) is 0 Å². The van der Waals surface area contributed by atoms with Gasteiger partial charge < -0.3 is 42.7 Å². The van der Waals surface area contributed by atoms with Crippen LogP contribution in [0.2, 0.25) is 0 Å². The first-order valence-electron chi connectivity index (χ1n) is 6.98. The smallest absolute Gasteiger partial charge is 0.322 e. The molecule has 0 bridgehead atoms. The van der Waals surface area contributed by atoms with E-state index in [1.807, 2.05) is 16.0 Å². The van der Waals surface area contributed by atoms with Gasteiger partial charge in [0.15, 0.2) is 0 Å². The third-order valence-electron chi connectivity index (χ3n) is 2.80. The molecule has 0 rings (SSSR count). The van der Waals surface area contributed by atoms with Crippen molar-refractivity contribution in [2.75, 3.05) is 19.8 Å². The molecule has 0 aliphatic heterocycles. The highest BCUT2D eigenvalue weighted by atomic mass is 16.4. The molecule has 142 valence electrons. The summed E-state index contributed by atoms with van der Waals surface area (Å²) >= 11 is 0. The molecule has 13 nitrogen and oxygen atoms in total. The predicted molar refractivity (Wildman–Crippen MR) is 80.5 cm³/mol. The monoisotopic (exact) mass is 363 g/mol. The number of aliphatic carboxylic acids is 1. The van der Waals surface area contributed by atoms with Crippen LogP contribution in [0.5, 0.6) is 0 Å². The maximum absolute atomic E-state index is 11.9. The average molecular weight is 363 g/mol. The lowest BCUT2D eigenvalue weighted by atomic mass is 10.1. The summed E-state index contributed by atoms with van der Waals surface area (Å²) in [5.41, 5.74) is 10.3. The van der Waals surface area contributed by atoms with Gasteiger partial charge in [0.05, 0.1) is 25.7 Å². The molecule has 0 spiro atoms. The van der Waals surface area contributed by atoms with E-state index in [0.717, 1.165) is 0 Å². The maximum atomic E-state index is 11.9. The van der Waals surface area contributed by atoms with Crippen LogP contribution in [0.3, 0.4) is 0 Å². The minimum atomic E-state index is -1.52. The van der Waals surface area contributed by atoms with Crippen LogP contribution in [0, 0.1) is 0 Å². The molecule has 0 aromatic rings. The fourth-order valence-electron chi connectivity index (χ4n) is 1.53. The van der Waals surface area contributed by atoms with E-state index >= 15 is 0 Å². The molecule has 0 saturated carbocycles. The molecule has 4 amide bonds. The van der Waals surface area contributed by atoms with Gasteiger partial charge in [-0.2, -0.15) is 0 Å². The Morgan fingerprint density at radius 3 is 1.80 bits per heavy atom. The number of amides is 4. The highest BCUT2D eigenvalue weighted by molar-refractivity contribution is 5.94. The number of carbonyl (C=O) groups excluding carboxylic acids is 4. The van der Waals surface area contributed by atoms with Crippen LogP contribution in [0.1, 0.15) is 6.42 Å². The molecule has 3 unspecified atom stereocenters. The summed E-state index contributed by atoms with van der Waals surface area (Å²) in [4.78, 5) is 56.3. The Balaban J connectivity index is 4.74. The Morgan fingerprint density at radius 1 is 0.880 bits per heavy atom. The summed E-state index contributed by atoms with van der Waals surface area (Å²) in [5, 5.41) is 32.7. The quantitative estimate of drug-likeness (QED) is 0.174. The van der Waals surface area contributed by atoms with E-state index in [-0.39, 0.29) is 0 Å². The van der Waals surface area contributed by atoms with Gasteiger partial charge in [-0.25, -0.2) is 0 Å². The summed E-state index contributed by atoms with van der Waals surface area (Å²) in [6, 6.07) is -4.36. The number of hydrogen-bond acceptors (Lipinski definition) is 8. The van der Waals surface area contributed by atoms with E-state index in [2.05, 4.69) is 0 Å². The number of primary amides is 1. The van der Waals surface area contributed by atoms with Crippen molar-refractivity contribution in [3.63, 3.8) is 0 Å². The van der Waals surface area contributed by atoms with Gasteiger partial charge in [-0.15, -0.1) is 0 Å². The van der Waals surface area contributed by atoms with E-state index in [0.29, 0.717) is 0 Å². The normalized spacial score (nSPS) is 13.9. The molecule has 0 aromatic carbocycles. The minimum Gasteiger partial charge on any atom is -0.480 e. The number of rotatable bonds is 11. The third kappa shape index (κ3) is 8.59. The van der Waals surface area contributed by atoms with Crippen molar-refractivity contribution in [3.8, 4) is 0 Å². The van der Waals surface area contributed by atoms with E-state index in [1.165, 1.54) is 0 Å². The van der Waals surface area contributed by atoms with Gasteiger partial charge in [0.1, 0.15) is 18.6 Å². The van der Waals surface area contributed by atoms with Crippen molar-refractivity contribution in [3.05, 3.63) is 0 Å². The van der Waals surface area contributed by atoms with Gasteiger partial charge in [-0.05, 0) is 0 Å². The lowest BCUT2D eigenvalue weighted by Gasteiger charge is -2.21. The number of aliphatic hydroxyl groups is 2. The number of carboxylic acid groups (broad SMARTS) is 1. The Hall–Kier alpha value is -2.77. The van der Waals surface area contributed by atoms with Gasteiger partial charge in [-0.3, -0.25) is 24.0 Å². The predicted octanol–water partition coefficient (Wildman–Crippen LogP) is -5.66. The largest absolute Gasteiger partial charge is 0.480 e. The van der Waals surface area contributed by atoms with Crippen LogP contribution < -0.4 is 27.4 Å². The molecule has 0 aromatic heterocycles. The molecule has 0 aliphatic carbocycles. The molecule has 0 heterocycles. The van der Waals surface area contributed by atoms with Crippen LogP contribution in [-0.2, 0) is 24.0 Å². The van der Waals surface area contributed by atoms with Crippen molar-refractivity contribution in [1.82, 2.24) is 16.0 Å². The number of carbonyl (C=O) groups is 5. The second kappa shape index (κ2) is 10.9. The number of hydrogen-bond donors (Lipinski definition) is 8. The zero-order valence-corrected chi connectivity index (χ0v) is 13.1. The summed E-state index contributed by atoms with van der Waals surface area (Å²) in [6.45, 7) is -2.45. The Morgan fingerprint density at radius 2 is 1.36 bits per heavy atom. The molecule has 3 atom stereocenters. The Bertz CT molecular complexity index is 526. The molecule has 0 aliphatic rings. The molecule has 10 N–H and O–H groups in total. The SMILES string of the molecule is NC(=O)CC(N)C(=O)NC(CO)C(=O)NC(CO)C(=O)NCC(=O)O. The average Bonchev–Trinajstić information content (AvgIpc) is 2.53. The van der Waals surface area contributed by atoms with Crippen LogP contribution in [0.15, 0.2) is 0 Å². The summed E-state index contributed by atoms with van der Waals surface area (Å²) in [5.74, 6) is -5.13. The van der Waals surface area contributed by atoms with Gasteiger partial charge in [-0.1, -0.05) is 0 Å². The highest BCUT2D eigenvalue weighted by Crippen LogP contribution is 1.93. The molecular formula is C12H21N5O8. The molecular weight excluding hydrogens is 342 g/mol. The van der Waals surface area contributed by atoms with E-state index in [1.54, 1.807) is 0 Å². The summed E-state index contributed by atoms with van der Waals surface area (Å²) in [6.07, 6.45) is -0.484. The fourth-order valence-corrected chi connectivity index (χ4v) is 1.53. The lowest BCUT2D eigenvalue weighted by Crippen LogP contribution is -2.58.